The van der Waals surface area contributed by atoms with Crippen molar-refractivity contribution in [3.8, 4) is 0 Å². The van der Waals surface area contributed by atoms with Crippen molar-refractivity contribution in [3.05, 3.63) is 59.5 Å². The molecular weight excluding hydrogens is 234 g/mol. The van der Waals surface area contributed by atoms with Crippen LogP contribution in [-0.2, 0) is 6.54 Å². The third-order valence-corrected chi connectivity index (χ3v) is 3.02. The van der Waals surface area contributed by atoms with Crippen molar-refractivity contribution in [2.75, 3.05) is 0 Å². The molecule has 84 valence electrons. The van der Waals surface area contributed by atoms with E-state index >= 15 is 0 Å². The molecule has 4 heteroatoms. The fourth-order valence-corrected chi connectivity index (χ4v) is 2.11. The summed E-state index contributed by atoms with van der Waals surface area (Å²) in [6.07, 6.45) is 5.49. The van der Waals surface area contributed by atoms with Gasteiger partial charge >= 0.3 is 0 Å². The van der Waals surface area contributed by atoms with Crippen LogP contribution in [0, 0.1) is 0 Å². The van der Waals surface area contributed by atoms with Crippen molar-refractivity contribution >= 4 is 22.5 Å². The van der Waals surface area contributed by atoms with Crippen molar-refractivity contribution < 1.29 is 0 Å². The molecule has 0 unspecified atom stereocenters. The predicted octanol–water partition coefficient (Wildman–Crippen LogP) is 3.13. The van der Waals surface area contributed by atoms with Gasteiger partial charge in [0, 0.05) is 29.0 Å². The van der Waals surface area contributed by atoms with Gasteiger partial charge in [-0.1, -0.05) is 17.7 Å². The van der Waals surface area contributed by atoms with Crippen LogP contribution in [0.25, 0.3) is 10.9 Å². The summed E-state index contributed by atoms with van der Waals surface area (Å²) in [5.74, 6) is 0. The number of pyridine rings is 1. The second-order valence-electron chi connectivity index (χ2n) is 3.81. The van der Waals surface area contributed by atoms with Gasteiger partial charge < -0.3 is 0 Å². The summed E-state index contributed by atoms with van der Waals surface area (Å²) in [6.45, 7) is 0.706. The molecule has 2 aromatic heterocycles. The molecule has 3 aromatic rings. The predicted molar refractivity (Wildman–Crippen MR) is 68.1 cm³/mol. The molecule has 1 aromatic carbocycles. The van der Waals surface area contributed by atoms with Crippen LogP contribution in [0.3, 0.4) is 0 Å². The lowest BCUT2D eigenvalue weighted by atomic mass is 10.1. The van der Waals surface area contributed by atoms with Crippen LogP contribution in [0.4, 0.5) is 0 Å². The van der Waals surface area contributed by atoms with E-state index in [1.165, 1.54) is 0 Å². The molecule has 0 aliphatic heterocycles. The van der Waals surface area contributed by atoms with Crippen LogP contribution in [0.2, 0.25) is 5.02 Å². The smallest absolute Gasteiger partial charge is 0.0767 e. The van der Waals surface area contributed by atoms with Gasteiger partial charge in [-0.15, -0.1) is 0 Å². The first-order valence-electron chi connectivity index (χ1n) is 5.34. The second kappa shape index (κ2) is 4.18. The summed E-state index contributed by atoms with van der Waals surface area (Å²) in [4.78, 5) is 4.40. The van der Waals surface area contributed by atoms with E-state index in [1.807, 2.05) is 41.2 Å². The Balaban J connectivity index is 2.14. The van der Waals surface area contributed by atoms with Gasteiger partial charge in [-0.05, 0) is 29.8 Å². The third kappa shape index (κ3) is 1.89. The summed E-state index contributed by atoms with van der Waals surface area (Å²) in [5.41, 5.74) is 2.06. The minimum absolute atomic E-state index is 0.706. The van der Waals surface area contributed by atoms with Crippen LogP contribution in [0.15, 0.2) is 48.9 Å². The van der Waals surface area contributed by atoms with Gasteiger partial charge in [0.05, 0.1) is 12.1 Å². The van der Waals surface area contributed by atoms with Crippen LogP contribution in [0.5, 0.6) is 0 Å². The summed E-state index contributed by atoms with van der Waals surface area (Å²) < 4.78 is 1.87. The average Bonchev–Trinajstić information content (AvgIpc) is 2.86. The zero-order chi connectivity index (χ0) is 11.7. The molecule has 3 nitrogen and oxygen atoms in total. The number of benzene rings is 1. The van der Waals surface area contributed by atoms with Crippen molar-refractivity contribution in [3.63, 3.8) is 0 Å². The van der Waals surface area contributed by atoms with E-state index in [0.29, 0.717) is 6.54 Å². The highest BCUT2D eigenvalue weighted by molar-refractivity contribution is 6.35. The molecule has 0 saturated heterocycles. The highest BCUT2D eigenvalue weighted by Crippen LogP contribution is 2.25. The Kier molecular flexibility index (Phi) is 2.53. The maximum atomic E-state index is 6.15. The van der Waals surface area contributed by atoms with Gasteiger partial charge in [-0.3, -0.25) is 9.67 Å². The van der Waals surface area contributed by atoms with Crippen LogP contribution in [0.1, 0.15) is 5.56 Å². The SMILES string of the molecule is Clc1ccc(Cn2cccn2)c2ncccc12. The third-order valence-electron chi connectivity index (χ3n) is 2.69. The maximum absolute atomic E-state index is 6.15. The lowest BCUT2D eigenvalue weighted by Crippen LogP contribution is -2.01. The molecule has 0 aliphatic rings. The number of rotatable bonds is 2. The molecule has 0 fully saturated rings. The molecule has 0 saturated carbocycles. The molecule has 0 bridgehead atoms. The Hall–Kier alpha value is -1.87. The maximum Gasteiger partial charge on any atom is 0.0767 e. The Morgan fingerprint density at radius 1 is 1.12 bits per heavy atom. The van der Waals surface area contributed by atoms with Crippen molar-refractivity contribution in [1.29, 1.82) is 0 Å². The Morgan fingerprint density at radius 3 is 2.88 bits per heavy atom. The molecule has 0 atom stereocenters. The number of nitrogens with zero attached hydrogens (tertiary/aromatic N) is 3. The molecule has 17 heavy (non-hydrogen) atoms. The minimum Gasteiger partial charge on any atom is -0.268 e. The average molecular weight is 244 g/mol. The minimum atomic E-state index is 0.706. The van der Waals surface area contributed by atoms with Crippen molar-refractivity contribution in [2.45, 2.75) is 6.54 Å². The van der Waals surface area contributed by atoms with E-state index in [2.05, 4.69) is 10.1 Å². The number of aromatic nitrogens is 3. The zero-order valence-electron chi connectivity index (χ0n) is 9.05. The molecule has 0 amide bonds. The van der Waals surface area contributed by atoms with Gasteiger partial charge in [0.2, 0.25) is 0 Å². The second-order valence-corrected chi connectivity index (χ2v) is 4.22. The summed E-state index contributed by atoms with van der Waals surface area (Å²) >= 11 is 6.15. The number of hydrogen-bond acceptors (Lipinski definition) is 2. The number of fused-ring (bicyclic) bond motifs is 1. The normalized spacial score (nSPS) is 10.9. The van der Waals surface area contributed by atoms with Gasteiger partial charge in [0.25, 0.3) is 0 Å². The first kappa shape index (κ1) is 10.3. The molecule has 2 heterocycles. The summed E-state index contributed by atoms with van der Waals surface area (Å²) in [7, 11) is 0. The molecular formula is C13H10ClN3. The Bertz CT molecular complexity index is 647. The van der Waals surface area contributed by atoms with E-state index < -0.39 is 0 Å². The van der Waals surface area contributed by atoms with Gasteiger partial charge in [0.1, 0.15) is 0 Å². The highest BCUT2D eigenvalue weighted by atomic mass is 35.5. The van der Waals surface area contributed by atoms with Gasteiger partial charge in [-0.2, -0.15) is 5.10 Å². The summed E-state index contributed by atoms with van der Waals surface area (Å²) in [5, 5.41) is 5.92. The van der Waals surface area contributed by atoms with E-state index in [-0.39, 0.29) is 0 Å². The van der Waals surface area contributed by atoms with Crippen molar-refractivity contribution in [2.24, 2.45) is 0 Å². The van der Waals surface area contributed by atoms with Crippen LogP contribution in [-0.4, -0.2) is 14.8 Å². The van der Waals surface area contributed by atoms with Gasteiger partial charge in [-0.25, -0.2) is 0 Å². The quantitative estimate of drug-likeness (QED) is 0.692. The van der Waals surface area contributed by atoms with Crippen molar-refractivity contribution in [1.82, 2.24) is 14.8 Å². The summed E-state index contributed by atoms with van der Waals surface area (Å²) in [6, 6.07) is 9.69. The molecule has 0 radical (unpaired) electrons. The Morgan fingerprint density at radius 2 is 2.06 bits per heavy atom. The number of halogens is 1. The van der Waals surface area contributed by atoms with E-state index in [1.54, 1.807) is 12.4 Å². The molecule has 0 spiro atoms. The van der Waals surface area contributed by atoms with E-state index in [4.69, 9.17) is 11.6 Å². The molecule has 0 aliphatic carbocycles. The van der Waals surface area contributed by atoms with Gasteiger partial charge in [0.15, 0.2) is 0 Å². The first-order valence-corrected chi connectivity index (χ1v) is 5.72. The van der Waals surface area contributed by atoms with Crippen LogP contribution < -0.4 is 0 Å². The lowest BCUT2D eigenvalue weighted by molar-refractivity contribution is 0.689. The largest absolute Gasteiger partial charge is 0.268 e. The molecule has 0 N–H and O–H groups in total. The standard InChI is InChI=1S/C13H10ClN3/c14-12-5-4-10(9-17-8-2-7-16-17)13-11(12)3-1-6-15-13/h1-8H,9H2. The monoisotopic (exact) mass is 243 g/mol. The van der Waals surface area contributed by atoms with Crippen LogP contribution >= 0.6 is 11.6 Å². The number of hydrogen-bond donors (Lipinski definition) is 0. The lowest BCUT2D eigenvalue weighted by Gasteiger charge is -2.07. The fourth-order valence-electron chi connectivity index (χ4n) is 1.89. The van der Waals surface area contributed by atoms with E-state index in [9.17, 15) is 0 Å². The first-order chi connectivity index (χ1) is 8.34. The Labute approximate surface area is 104 Å². The topological polar surface area (TPSA) is 30.7 Å². The fraction of sp³-hybridized carbons (Fsp3) is 0.0769. The molecule has 3 rings (SSSR count). The van der Waals surface area contributed by atoms with E-state index in [0.717, 1.165) is 21.5 Å². The zero-order valence-corrected chi connectivity index (χ0v) is 9.80. The highest BCUT2D eigenvalue weighted by Gasteiger charge is 2.06.